The molecular formula is C4H10O3P+. The van der Waals surface area contributed by atoms with Gasteiger partial charge in [-0.15, -0.1) is 9.05 Å². The highest BCUT2D eigenvalue weighted by Gasteiger charge is 2.18. The zero-order valence-corrected chi connectivity index (χ0v) is 6.14. The molecule has 0 fully saturated rings. The second-order valence-electron chi connectivity index (χ2n) is 1.56. The number of rotatable bonds is 3. The Kier molecular flexibility index (Phi) is 3.97. The fourth-order valence-electron chi connectivity index (χ4n) is 0.215. The molecular weight excluding hydrogens is 127 g/mol. The van der Waals surface area contributed by atoms with Gasteiger partial charge in [0.1, 0.15) is 6.10 Å². The second-order valence-corrected chi connectivity index (χ2v) is 2.58. The van der Waals surface area contributed by atoms with Gasteiger partial charge in [-0.1, -0.05) is 0 Å². The van der Waals surface area contributed by atoms with E-state index in [1.54, 1.807) is 13.8 Å². The van der Waals surface area contributed by atoms with Crippen LogP contribution in [0.3, 0.4) is 0 Å². The van der Waals surface area contributed by atoms with E-state index in [1.165, 1.54) is 7.11 Å². The summed E-state index contributed by atoms with van der Waals surface area (Å²) in [6, 6.07) is 0. The highest BCUT2D eigenvalue weighted by atomic mass is 31.1. The largest absolute Gasteiger partial charge is 0.697 e. The monoisotopic (exact) mass is 137 g/mol. The highest BCUT2D eigenvalue weighted by Crippen LogP contribution is 2.23. The Balaban J connectivity index is 3.25. The van der Waals surface area contributed by atoms with Crippen LogP contribution in [0.2, 0.25) is 0 Å². The van der Waals surface area contributed by atoms with Gasteiger partial charge in [-0.25, -0.2) is 0 Å². The molecule has 0 aliphatic carbocycles. The van der Waals surface area contributed by atoms with Gasteiger partial charge in [0.25, 0.3) is 0 Å². The van der Waals surface area contributed by atoms with E-state index in [0.717, 1.165) is 0 Å². The molecule has 0 saturated heterocycles. The molecule has 0 aliphatic heterocycles. The Morgan fingerprint density at radius 3 is 2.12 bits per heavy atom. The van der Waals surface area contributed by atoms with E-state index in [1.807, 2.05) is 0 Å². The van der Waals surface area contributed by atoms with E-state index >= 15 is 0 Å². The Labute approximate surface area is 49.9 Å². The summed E-state index contributed by atoms with van der Waals surface area (Å²) in [6.45, 7) is 3.60. The van der Waals surface area contributed by atoms with Crippen molar-refractivity contribution in [3.63, 3.8) is 0 Å². The zero-order chi connectivity index (χ0) is 6.57. The van der Waals surface area contributed by atoms with Crippen LogP contribution in [-0.4, -0.2) is 13.2 Å². The third-order valence-corrected chi connectivity index (χ3v) is 1.34. The summed E-state index contributed by atoms with van der Waals surface area (Å²) >= 11 is 0. The Morgan fingerprint density at radius 1 is 1.50 bits per heavy atom. The van der Waals surface area contributed by atoms with Crippen molar-refractivity contribution in [2.45, 2.75) is 20.0 Å². The predicted molar refractivity (Wildman–Crippen MR) is 30.8 cm³/mol. The molecule has 8 heavy (non-hydrogen) atoms. The van der Waals surface area contributed by atoms with Gasteiger partial charge in [0.15, 0.2) is 0 Å². The fraction of sp³-hybridized carbons (Fsp3) is 1.00. The minimum absolute atomic E-state index is 0.0291. The van der Waals surface area contributed by atoms with Crippen molar-refractivity contribution in [1.82, 2.24) is 0 Å². The van der Waals surface area contributed by atoms with Crippen LogP contribution in [0.15, 0.2) is 0 Å². The van der Waals surface area contributed by atoms with Gasteiger partial charge in [-0.05, 0) is 13.8 Å². The molecule has 0 bridgehead atoms. The van der Waals surface area contributed by atoms with E-state index in [-0.39, 0.29) is 6.10 Å². The molecule has 0 spiro atoms. The SMILES string of the molecule is CO[P+](=O)OC(C)C. The van der Waals surface area contributed by atoms with Crippen molar-refractivity contribution in [3.05, 3.63) is 0 Å². The van der Waals surface area contributed by atoms with E-state index in [4.69, 9.17) is 0 Å². The summed E-state index contributed by atoms with van der Waals surface area (Å²) in [5.41, 5.74) is 0. The molecule has 3 nitrogen and oxygen atoms in total. The van der Waals surface area contributed by atoms with Crippen molar-refractivity contribution in [2.24, 2.45) is 0 Å². The number of hydrogen-bond donors (Lipinski definition) is 0. The average Bonchev–Trinajstić information content (AvgIpc) is 1.65. The van der Waals surface area contributed by atoms with Crippen LogP contribution in [0.25, 0.3) is 0 Å². The molecule has 4 heteroatoms. The highest BCUT2D eigenvalue weighted by molar-refractivity contribution is 7.33. The average molecular weight is 137 g/mol. The molecule has 1 atom stereocenters. The van der Waals surface area contributed by atoms with E-state index in [2.05, 4.69) is 9.05 Å². The van der Waals surface area contributed by atoms with Gasteiger partial charge in [-0.3, -0.25) is 0 Å². The lowest BCUT2D eigenvalue weighted by Gasteiger charge is -1.88. The lowest BCUT2D eigenvalue weighted by molar-refractivity contribution is 0.207. The number of hydrogen-bond acceptors (Lipinski definition) is 3. The smallest absolute Gasteiger partial charge is 0.122 e. The maximum absolute atomic E-state index is 10.3. The first-order chi connectivity index (χ1) is 3.66. The lowest BCUT2D eigenvalue weighted by Crippen LogP contribution is -1.94. The van der Waals surface area contributed by atoms with Crippen LogP contribution in [0, 0.1) is 0 Å². The van der Waals surface area contributed by atoms with Gasteiger partial charge < -0.3 is 0 Å². The van der Waals surface area contributed by atoms with Crippen molar-refractivity contribution < 1.29 is 13.6 Å². The summed E-state index contributed by atoms with van der Waals surface area (Å²) < 4.78 is 19.4. The summed E-state index contributed by atoms with van der Waals surface area (Å²) in [5.74, 6) is 0. The van der Waals surface area contributed by atoms with Crippen LogP contribution in [0.1, 0.15) is 13.8 Å². The molecule has 1 unspecified atom stereocenters. The van der Waals surface area contributed by atoms with Crippen molar-refractivity contribution >= 4 is 8.25 Å². The third kappa shape index (κ3) is 4.19. The van der Waals surface area contributed by atoms with Gasteiger partial charge in [0, 0.05) is 4.57 Å². The lowest BCUT2D eigenvalue weighted by atomic mass is 10.5. The summed E-state index contributed by atoms with van der Waals surface area (Å²) in [5, 5.41) is 0. The van der Waals surface area contributed by atoms with E-state index in [9.17, 15) is 4.57 Å². The molecule has 0 N–H and O–H groups in total. The van der Waals surface area contributed by atoms with Crippen LogP contribution >= 0.6 is 8.25 Å². The molecule has 0 aromatic rings. The van der Waals surface area contributed by atoms with Crippen LogP contribution in [0.4, 0.5) is 0 Å². The molecule has 0 aliphatic rings. The van der Waals surface area contributed by atoms with Gasteiger partial charge in [0.05, 0.1) is 7.11 Å². The maximum atomic E-state index is 10.3. The quantitative estimate of drug-likeness (QED) is 0.555. The topological polar surface area (TPSA) is 35.5 Å². The molecule has 0 heterocycles. The van der Waals surface area contributed by atoms with Gasteiger partial charge in [0.2, 0.25) is 0 Å². The maximum Gasteiger partial charge on any atom is 0.697 e. The van der Waals surface area contributed by atoms with Crippen LogP contribution < -0.4 is 0 Å². The molecule has 0 radical (unpaired) electrons. The van der Waals surface area contributed by atoms with Crippen LogP contribution in [0.5, 0.6) is 0 Å². The van der Waals surface area contributed by atoms with Crippen molar-refractivity contribution in [3.8, 4) is 0 Å². The molecule has 0 aromatic carbocycles. The second kappa shape index (κ2) is 3.96. The Bertz CT molecular complexity index is 81.4. The predicted octanol–water partition coefficient (Wildman–Crippen LogP) is 1.72. The third-order valence-electron chi connectivity index (χ3n) is 0.446. The van der Waals surface area contributed by atoms with Crippen LogP contribution in [-0.2, 0) is 13.6 Å². The first-order valence-corrected chi connectivity index (χ1v) is 3.44. The molecule has 48 valence electrons. The molecule has 0 amide bonds. The van der Waals surface area contributed by atoms with Crippen molar-refractivity contribution in [2.75, 3.05) is 7.11 Å². The Morgan fingerprint density at radius 2 is 2.00 bits per heavy atom. The summed E-state index contributed by atoms with van der Waals surface area (Å²) in [6.07, 6.45) is -0.0291. The van der Waals surface area contributed by atoms with Gasteiger partial charge in [-0.2, -0.15) is 0 Å². The molecule has 0 saturated carbocycles. The minimum Gasteiger partial charge on any atom is -0.122 e. The minimum atomic E-state index is -1.87. The fourth-order valence-corrected chi connectivity index (χ4v) is 0.645. The zero-order valence-electron chi connectivity index (χ0n) is 5.25. The summed E-state index contributed by atoms with van der Waals surface area (Å²) in [7, 11) is -0.520. The van der Waals surface area contributed by atoms with E-state index in [0.29, 0.717) is 0 Å². The molecule has 0 rings (SSSR count). The first-order valence-electron chi connectivity index (χ1n) is 2.35. The Hall–Kier alpha value is 0.0200. The normalized spacial score (nSPS) is 12.2. The molecule has 0 aromatic heterocycles. The van der Waals surface area contributed by atoms with Crippen molar-refractivity contribution in [1.29, 1.82) is 0 Å². The summed E-state index contributed by atoms with van der Waals surface area (Å²) in [4.78, 5) is 0. The standard InChI is InChI=1S/C4H10O3P/c1-4(2)7-8(5)6-3/h4H,1-3H3/q+1. The first kappa shape index (κ1) is 8.02. The van der Waals surface area contributed by atoms with Gasteiger partial charge >= 0.3 is 8.25 Å². The van der Waals surface area contributed by atoms with E-state index < -0.39 is 8.25 Å².